The molecule has 3 rings (SSSR count). The van der Waals surface area contributed by atoms with Gasteiger partial charge in [-0.25, -0.2) is 9.18 Å². The van der Waals surface area contributed by atoms with E-state index in [1.54, 1.807) is 31.2 Å². The summed E-state index contributed by atoms with van der Waals surface area (Å²) >= 11 is 1.24. The molecule has 0 spiro atoms. The maximum Gasteiger partial charge on any atom is 0.343 e. The molecule has 0 aliphatic carbocycles. The van der Waals surface area contributed by atoms with Crippen LogP contribution in [0.4, 0.5) is 10.1 Å². The summed E-state index contributed by atoms with van der Waals surface area (Å²) in [5, 5.41) is 0.305. The molecule has 0 unspecified atom stereocenters. The van der Waals surface area contributed by atoms with Gasteiger partial charge in [-0.15, -0.1) is 0 Å². The van der Waals surface area contributed by atoms with E-state index in [2.05, 4.69) is 0 Å². The molecule has 0 aliphatic rings. The number of hydrogen-bond acceptors (Lipinski definition) is 7. The van der Waals surface area contributed by atoms with Crippen molar-refractivity contribution in [3.8, 4) is 5.75 Å². The number of benzene rings is 2. The number of nitrogens with zero attached hydrogens (tertiary/aromatic N) is 1. The number of hydrogen-bond donors (Lipinski definition) is 1. The minimum Gasteiger partial charge on any atom is -0.496 e. The number of ether oxygens (including phenoxy) is 2. The molecular weight excluding hydrogens is 471 g/mol. The van der Waals surface area contributed by atoms with Gasteiger partial charge in [0.15, 0.2) is 0 Å². The second kappa shape index (κ2) is 11.1. The van der Waals surface area contributed by atoms with Crippen LogP contribution in [0.2, 0.25) is 0 Å². The summed E-state index contributed by atoms with van der Waals surface area (Å²) in [4.78, 5) is 25.9. The van der Waals surface area contributed by atoms with Crippen LogP contribution in [0.5, 0.6) is 5.75 Å². The molecule has 0 radical (unpaired) electrons. The Labute approximate surface area is 208 Å². The summed E-state index contributed by atoms with van der Waals surface area (Å²) in [6.07, 6.45) is 3.50. The predicted octanol–water partition coefficient (Wildman–Crippen LogP) is 4.91. The van der Waals surface area contributed by atoms with Crippen LogP contribution in [0.25, 0.3) is 10.9 Å². The van der Waals surface area contributed by atoms with E-state index in [1.807, 2.05) is 24.7 Å². The Bertz CT molecular complexity index is 1310. The molecule has 188 valence electrons. The van der Waals surface area contributed by atoms with Crippen LogP contribution < -0.4 is 15.9 Å². The topological polar surface area (TPSA) is 92.8 Å². The first-order chi connectivity index (χ1) is 16.6. The summed E-state index contributed by atoms with van der Waals surface area (Å²) in [5.74, 6) is -0.484. The predicted molar refractivity (Wildman–Crippen MR) is 138 cm³/mol. The number of methoxy groups -OCH3 is 2. The smallest absolute Gasteiger partial charge is 0.343 e. The monoisotopic (exact) mass is 502 g/mol. The molecule has 9 heteroatoms. The van der Waals surface area contributed by atoms with E-state index in [-0.39, 0.29) is 29.8 Å². The lowest BCUT2D eigenvalue weighted by atomic mass is 9.97. The van der Waals surface area contributed by atoms with Crippen molar-refractivity contribution in [2.45, 2.75) is 33.2 Å². The Morgan fingerprint density at radius 1 is 1.17 bits per heavy atom. The van der Waals surface area contributed by atoms with Gasteiger partial charge in [-0.05, 0) is 59.8 Å². The molecule has 0 saturated carbocycles. The molecule has 3 aromatic rings. The number of esters is 1. The van der Waals surface area contributed by atoms with E-state index < -0.39 is 11.4 Å². The third-order valence-electron chi connectivity index (χ3n) is 6.06. The van der Waals surface area contributed by atoms with Gasteiger partial charge in [0.25, 0.3) is 0 Å². The van der Waals surface area contributed by atoms with Crippen LogP contribution in [0, 0.1) is 18.7 Å². The van der Waals surface area contributed by atoms with Crippen molar-refractivity contribution in [3.05, 3.63) is 68.8 Å². The zero-order valence-electron chi connectivity index (χ0n) is 20.8. The van der Waals surface area contributed by atoms with E-state index in [0.717, 1.165) is 0 Å². The molecule has 0 bridgehead atoms. The Balaban J connectivity index is 2.32. The first-order valence-electron chi connectivity index (χ1n) is 11.2. The summed E-state index contributed by atoms with van der Waals surface area (Å²) in [6.45, 7) is 6.07. The van der Waals surface area contributed by atoms with Crippen molar-refractivity contribution in [1.82, 2.24) is 4.57 Å². The van der Waals surface area contributed by atoms with Crippen molar-refractivity contribution >= 4 is 34.6 Å². The molecule has 0 saturated heterocycles. The molecule has 35 heavy (non-hydrogen) atoms. The minimum absolute atomic E-state index is 0.0862. The summed E-state index contributed by atoms with van der Waals surface area (Å²) in [5.41, 5.74) is 7.83. The fraction of sp³-hybridized carbons (Fsp3) is 0.385. The lowest BCUT2D eigenvalue weighted by Gasteiger charge is -2.26. The maximum absolute atomic E-state index is 14.8. The number of rotatable bonds is 9. The summed E-state index contributed by atoms with van der Waals surface area (Å²) < 4.78 is 32.9. The Kier molecular flexibility index (Phi) is 8.45. The molecule has 1 atom stereocenters. The third-order valence-corrected chi connectivity index (χ3v) is 6.43. The van der Waals surface area contributed by atoms with Crippen LogP contribution in [0.15, 0.2) is 35.3 Å². The van der Waals surface area contributed by atoms with E-state index in [4.69, 9.17) is 19.4 Å². The molecule has 2 N–H and O–H groups in total. The molecule has 0 fully saturated rings. The summed E-state index contributed by atoms with van der Waals surface area (Å²) in [6, 6.07) is 6.37. The van der Waals surface area contributed by atoms with Gasteiger partial charge in [-0.3, -0.25) is 4.79 Å². The van der Waals surface area contributed by atoms with E-state index in [1.165, 1.54) is 32.5 Å². The Morgan fingerprint density at radius 3 is 2.49 bits per heavy atom. The van der Waals surface area contributed by atoms with Crippen molar-refractivity contribution < 1.29 is 22.8 Å². The highest BCUT2D eigenvalue weighted by Gasteiger charge is 2.24. The van der Waals surface area contributed by atoms with Crippen molar-refractivity contribution in [3.63, 3.8) is 0 Å². The van der Waals surface area contributed by atoms with Gasteiger partial charge in [-0.1, -0.05) is 13.8 Å². The maximum atomic E-state index is 14.8. The van der Waals surface area contributed by atoms with Crippen LogP contribution in [-0.4, -0.2) is 37.6 Å². The number of aromatic nitrogens is 1. The van der Waals surface area contributed by atoms with Gasteiger partial charge in [0.1, 0.15) is 17.1 Å². The molecule has 1 heterocycles. The average molecular weight is 503 g/mol. The number of nitrogen functional groups attached to an aromatic ring is 1. The second-order valence-corrected chi connectivity index (χ2v) is 9.27. The highest BCUT2D eigenvalue weighted by atomic mass is 32.2. The third kappa shape index (κ3) is 5.46. The molecule has 2 aromatic carbocycles. The van der Waals surface area contributed by atoms with E-state index >= 15 is 0 Å². The highest BCUT2D eigenvalue weighted by Crippen LogP contribution is 2.32. The number of halogens is 1. The molecule has 1 aromatic heterocycles. The lowest BCUT2D eigenvalue weighted by Crippen LogP contribution is -2.26. The molecular formula is C26H31FN2O5S. The Morgan fingerprint density at radius 2 is 1.89 bits per heavy atom. The number of pyridine rings is 1. The SMILES string of the molecule is COC(=O)c1cn([C@H](COSC)C(C)C)c2cc(OC)c(Cc3cc(N)cc(C)c3F)cc2c1=O. The van der Waals surface area contributed by atoms with Gasteiger partial charge in [-0.2, -0.15) is 0 Å². The molecule has 7 nitrogen and oxygen atoms in total. The zero-order valence-corrected chi connectivity index (χ0v) is 21.6. The standard InChI is InChI=1S/C26H31FN2O5S/c1-14(2)22(13-34-35-6)29-12-20(26(31)33-5)25(30)19-10-16(23(32-4)11-21(19)29)8-17-9-18(28)7-15(3)24(17)27/h7,9-12,14,22H,8,13,28H2,1-6H3/t22-/m1/s1. The zero-order chi connectivity index (χ0) is 25.9. The normalized spacial score (nSPS) is 12.2. The van der Waals surface area contributed by atoms with Crippen molar-refractivity contribution in [2.24, 2.45) is 5.92 Å². The number of carbonyl (C=O) groups is 1. The van der Waals surface area contributed by atoms with E-state index in [9.17, 15) is 14.0 Å². The lowest BCUT2D eigenvalue weighted by molar-refractivity contribution is 0.0598. The molecule has 0 amide bonds. The van der Waals surface area contributed by atoms with Gasteiger partial charge >= 0.3 is 5.97 Å². The highest BCUT2D eigenvalue weighted by molar-refractivity contribution is 7.93. The van der Waals surface area contributed by atoms with Gasteiger partial charge in [0.2, 0.25) is 5.43 Å². The second-order valence-electron chi connectivity index (χ2n) is 8.70. The average Bonchev–Trinajstić information content (AvgIpc) is 2.82. The molecule has 0 aliphatic heterocycles. The summed E-state index contributed by atoms with van der Waals surface area (Å²) in [7, 11) is 2.76. The number of aryl methyl sites for hydroxylation is 1. The minimum atomic E-state index is -0.728. The number of carbonyl (C=O) groups excluding carboxylic acids is 1. The van der Waals surface area contributed by atoms with Crippen LogP contribution in [0.1, 0.15) is 46.9 Å². The quantitative estimate of drug-likeness (QED) is 0.252. The Hall–Kier alpha value is -3.04. The fourth-order valence-corrected chi connectivity index (χ4v) is 4.49. The fourth-order valence-electron chi connectivity index (χ4n) is 4.22. The van der Waals surface area contributed by atoms with Crippen molar-refractivity contribution in [2.75, 3.05) is 32.8 Å². The van der Waals surface area contributed by atoms with Crippen LogP contribution in [-0.2, 0) is 15.3 Å². The van der Waals surface area contributed by atoms with Crippen LogP contribution >= 0.6 is 12.0 Å². The van der Waals surface area contributed by atoms with Gasteiger partial charge in [0, 0.05) is 36.0 Å². The number of fused-ring (bicyclic) bond motifs is 1. The number of anilines is 1. The first-order valence-corrected chi connectivity index (χ1v) is 12.3. The van der Waals surface area contributed by atoms with Crippen molar-refractivity contribution in [1.29, 1.82) is 0 Å². The van der Waals surface area contributed by atoms with Crippen LogP contribution in [0.3, 0.4) is 0 Å². The van der Waals surface area contributed by atoms with E-state index in [0.29, 0.717) is 45.6 Å². The first kappa shape index (κ1) is 26.6. The van der Waals surface area contributed by atoms with Gasteiger partial charge < -0.3 is 24.0 Å². The number of nitrogens with two attached hydrogens (primary N) is 1. The largest absolute Gasteiger partial charge is 0.496 e. The van der Waals surface area contributed by atoms with Gasteiger partial charge in [0.05, 0.1) is 32.4 Å².